The van der Waals surface area contributed by atoms with Gasteiger partial charge in [0.2, 0.25) is 0 Å². The number of aromatic nitrogens is 4. The van der Waals surface area contributed by atoms with E-state index in [2.05, 4.69) is 10.00 Å². The summed E-state index contributed by atoms with van der Waals surface area (Å²) in [5.41, 5.74) is 1.62. The van der Waals surface area contributed by atoms with Gasteiger partial charge < -0.3 is 0 Å². The van der Waals surface area contributed by atoms with E-state index in [-0.39, 0.29) is 23.2 Å². The maximum atomic E-state index is 13.5. The van der Waals surface area contributed by atoms with Crippen LogP contribution in [0, 0.1) is 0 Å². The largest absolute Gasteiger partial charge is 0.292 e. The van der Waals surface area contributed by atoms with E-state index in [1.165, 1.54) is 17.5 Å². The predicted octanol–water partition coefficient (Wildman–Crippen LogP) is 2.94. The van der Waals surface area contributed by atoms with Gasteiger partial charge in [-0.15, -0.1) is 0 Å². The van der Waals surface area contributed by atoms with Crippen molar-refractivity contribution in [3.63, 3.8) is 0 Å². The minimum Gasteiger partial charge on any atom is -0.292 e. The highest BCUT2D eigenvalue weighted by Crippen LogP contribution is 2.36. The smallest absolute Gasteiger partial charge is 0.266 e. The van der Waals surface area contributed by atoms with Crippen LogP contribution in [0.3, 0.4) is 0 Å². The Morgan fingerprint density at radius 1 is 1.00 bits per heavy atom. The molecular weight excluding hydrogens is 378 g/mol. The second kappa shape index (κ2) is 7.80. The van der Waals surface area contributed by atoms with Crippen LogP contribution in [0.4, 0.5) is 0 Å². The fourth-order valence-electron chi connectivity index (χ4n) is 5.06. The van der Waals surface area contributed by atoms with Crippen molar-refractivity contribution in [1.82, 2.24) is 24.2 Å². The lowest BCUT2D eigenvalue weighted by molar-refractivity contribution is 0.225. The summed E-state index contributed by atoms with van der Waals surface area (Å²) in [5, 5.41) is 5.11. The van der Waals surface area contributed by atoms with Crippen LogP contribution in [-0.4, -0.2) is 30.8 Å². The Bertz CT molecular complexity index is 1190. The predicted molar refractivity (Wildman–Crippen MR) is 115 cm³/mol. The van der Waals surface area contributed by atoms with Gasteiger partial charge in [-0.1, -0.05) is 25.0 Å². The molecule has 2 aromatic heterocycles. The van der Waals surface area contributed by atoms with Gasteiger partial charge in [0.15, 0.2) is 0 Å². The van der Waals surface area contributed by atoms with Crippen LogP contribution in [0.25, 0.3) is 10.9 Å². The van der Waals surface area contributed by atoms with Crippen LogP contribution in [-0.2, 0) is 13.6 Å². The summed E-state index contributed by atoms with van der Waals surface area (Å²) in [6.45, 7) is 1.58. The lowest BCUT2D eigenvalue weighted by Crippen LogP contribution is -2.34. The first kappa shape index (κ1) is 19.2. The van der Waals surface area contributed by atoms with E-state index in [9.17, 15) is 9.59 Å². The fraction of sp³-hybridized carbons (Fsp3) is 0.478. The molecule has 0 amide bonds. The molecule has 0 radical (unpaired) electrons. The number of fused-ring (bicyclic) bond motifs is 1. The van der Waals surface area contributed by atoms with Crippen LogP contribution >= 0.6 is 0 Å². The average molecular weight is 406 g/mol. The van der Waals surface area contributed by atoms with E-state index >= 15 is 0 Å². The minimum atomic E-state index is -0.108. The summed E-state index contributed by atoms with van der Waals surface area (Å²) < 4.78 is 3.38. The number of rotatable bonds is 4. The zero-order chi connectivity index (χ0) is 20.7. The summed E-state index contributed by atoms with van der Waals surface area (Å²) >= 11 is 0. The highest BCUT2D eigenvalue weighted by Gasteiger charge is 2.33. The Balaban J connectivity index is 1.58. The third kappa shape index (κ3) is 3.37. The molecular formula is C23H27N5O2. The lowest BCUT2D eigenvalue weighted by atomic mass is 10.1. The van der Waals surface area contributed by atoms with E-state index < -0.39 is 0 Å². The molecule has 30 heavy (non-hydrogen) atoms. The van der Waals surface area contributed by atoms with E-state index in [1.54, 1.807) is 19.2 Å². The molecule has 3 aromatic rings. The number of hydrogen-bond donors (Lipinski definition) is 0. The van der Waals surface area contributed by atoms with Gasteiger partial charge in [0.1, 0.15) is 5.82 Å². The molecule has 1 aromatic carbocycles. The highest BCUT2D eigenvalue weighted by atomic mass is 16.1. The molecule has 1 unspecified atom stereocenters. The Morgan fingerprint density at radius 2 is 1.80 bits per heavy atom. The third-order valence-electron chi connectivity index (χ3n) is 6.57. The summed E-state index contributed by atoms with van der Waals surface area (Å²) in [4.78, 5) is 32.6. The number of likely N-dealkylation sites (tertiary alicyclic amines) is 1. The summed E-state index contributed by atoms with van der Waals surface area (Å²) in [6, 6.07) is 11.4. The fourth-order valence-corrected chi connectivity index (χ4v) is 5.06. The molecule has 0 bridgehead atoms. The maximum absolute atomic E-state index is 13.5. The van der Waals surface area contributed by atoms with E-state index in [0.29, 0.717) is 11.9 Å². The van der Waals surface area contributed by atoms with Gasteiger partial charge in [-0.25, -0.2) is 9.67 Å². The molecule has 1 saturated heterocycles. The molecule has 156 valence electrons. The number of nitrogens with zero attached hydrogens (tertiary/aromatic N) is 5. The SMILES string of the molecule is Cn1nc(CN2CCCC2c2nc3ccccc3c(=O)n2C2CCCC2)ccc1=O. The van der Waals surface area contributed by atoms with Gasteiger partial charge in [0, 0.05) is 25.7 Å². The normalized spacial score (nSPS) is 20.4. The Kier molecular flexibility index (Phi) is 4.98. The minimum absolute atomic E-state index is 0.0851. The van der Waals surface area contributed by atoms with Crippen molar-refractivity contribution in [1.29, 1.82) is 0 Å². The third-order valence-corrected chi connectivity index (χ3v) is 6.57. The highest BCUT2D eigenvalue weighted by molar-refractivity contribution is 5.77. The van der Waals surface area contributed by atoms with Gasteiger partial charge in [-0.05, 0) is 50.4 Å². The van der Waals surface area contributed by atoms with Crippen LogP contribution < -0.4 is 11.1 Å². The molecule has 2 fully saturated rings. The lowest BCUT2D eigenvalue weighted by Gasteiger charge is -2.28. The molecule has 1 saturated carbocycles. The second-order valence-electron chi connectivity index (χ2n) is 8.52. The van der Waals surface area contributed by atoms with Crippen molar-refractivity contribution in [2.75, 3.05) is 6.54 Å². The molecule has 3 heterocycles. The molecule has 1 aliphatic heterocycles. The number of hydrogen-bond acceptors (Lipinski definition) is 5. The van der Waals surface area contributed by atoms with Crippen LogP contribution in [0.2, 0.25) is 0 Å². The van der Waals surface area contributed by atoms with Crippen molar-refractivity contribution in [2.45, 2.75) is 57.2 Å². The summed E-state index contributed by atoms with van der Waals surface area (Å²) in [7, 11) is 1.68. The summed E-state index contributed by atoms with van der Waals surface area (Å²) in [6.07, 6.45) is 6.45. The zero-order valence-electron chi connectivity index (χ0n) is 17.3. The van der Waals surface area contributed by atoms with E-state index in [4.69, 9.17) is 4.98 Å². The van der Waals surface area contributed by atoms with Crippen LogP contribution in [0.1, 0.15) is 62.1 Å². The van der Waals surface area contributed by atoms with Gasteiger partial charge in [-0.2, -0.15) is 5.10 Å². The van der Waals surface area contributed by atoms with Crippen molar-refractivity contribution >= 4 is 10.9 Å². The molecule has 1 aliphatic carbocycles. The topological polar surface area (TPSA) is 73.0 Å². The molecule has 5 rings (SSSR count). The molecule has 1 atom stereocenters. The standard InChI is InChI=1S/C23H27N5O2/c1-26-21(29)13-12-16(25-26)15-27-14-6-11-20(27)22-24-19-10-5-4-9-18(19)23(30)28(22)17-7-2-3-8-17/h4-5,9-10,12-13,17,20H,2-3,6-8,11,14-15H2,1H3. The van der Waals surface area contributed by atoms with Gasteiger partial charge in [0.25, 0.3) is 11.1 Å². The number of para-hydroxylation sites is 1. The first-order valence-corrected chi connectivity index (χ1v) is 10.9. The number of benzene rings is 1. The molecule has 0 N–H and O–H groups in total. The second-order valence-corrected chi connectivity index (χ2v) is 8.52. The quantitative estimate of drug-likeness (QED) is 0.667. The first-order chi connectivity index (χ1) is 14.6. The van der Waals surface area contributed by atoms with Gasteiger partial charge >= 0.3 is 0 Å². The molecule has 2 aliphatic rings. The Labute approximate surface area is 175 Å². The maximum Gasteiger partial charge on any atom is 0.266 e. The van der Waals surface area contributed by atoms with E-state index in [1.807, 2.05) is 28.8 Å². The van der Waals surface area contributed by atoms with Crippen molar-refractivity contribution in [2.24, 2.45) is 7.05 Å². The zero-order valence-corrected chi connectivity index (χ0v) is 17.3. The van der Waals surface area contributed by atoms with Crippen molar-refractivity contribution < 1.29 is 0 Å². The average Bonchev–Trinajstić information content (AvgIpc) is 3.43. The van der Waals surface area contributed by atoms with Crippen LogP contribution in [0.5, 0.6) is 0 Å². The number of aryl methyl sites for hydroxylation is 1. The van der Waals surface area contributed by atoms with Crippen LogP contribution in [0.15, 0.2) is 46.0 Å². The summed E-state index contributed by atoms with van der Waals surface area (Å²) in [5.74, 6) is 0.896. The van der Waals surface area contributed by atoms with Crippen molar-refractivity contribution in [3.8, 4) is 0 Å². The first-order valence-electron chi connectivity index (χ1n) is 10.9. The monoisotopic (exact) mass is 405 g/mol. The molecule has 7 heteroatoms. The van der Waals surface area contributed by atoms with Gasteiger partial charge in [-0.3, -0.25) is 19.1 Å². The van der Waals surface area contributed by atoms with Crippen molar-refractivity contribution in [3.05, 3.63) is 68.6 Å². The Morgan fingerprint density at radius 3 is 2.60 bits per heavy atom. The Hall–Kier alpha value is -2.80. The van der Waals surface area contributed by atoms with E-state index in [0.717, 1.165) is 49.3 Å². The molecule has 0 spiro atoms. The molecule has 7 nitrogen and oxygen atoms in total. The van der Waals surface area contributed by atoms with Gasteiger partial charge in [0.05, 0.1) is 22.6 Å².